The van der Waals surface area contributed by atoms with Crippen molar-refractivity contribution in [2.45, 2.75) is 31.7 Å². The zero-order valence-electron chi connectivity index (χ0n) is 10.9. The molecule has 0 aliphatic heterocycles. The summed E-state index contributed by atoms with van der Waals surface area (Å²) in [6, 6.07) is 4.76. The van der Waals surface area contributed by atoms with E-state index in [1.165, 1.54) is 6.07 Å². The predicted molar refractivity (Wildman–Crippen MR) is 79.7 cm³/mol. The molecule has 2 rings (SSSR count). The highest BCUT2D eigenvalue weighted by Crippen LogP contribution is 2.26. The number of hydrogen-bond donors (Lipinski definition) is 3. The fourth-order valence-electron chi connectivity index (χ4n) is 2.51. The minimum absolute atomic E-state index is 0.0564. The van der Waals surface area contributed by atoms with E-state index in [-0.39, 0.29) is 23.4 Å². The molecule has 1 aromatic carbocycles. The van der Waals surface area contributed by atoms with Crippen molar-refractivity contribution in [3.63, 3.8) is 0 Å². The monoisotopic (exact) mass is 340 g/mol. The van der Waals surface area contributed by atoms with Crippen molar-refractivity contribution >= 4 is 33.5 Å². The smallest absolute Gasteiger partial charge is 0.337 e. The second-order valence-electron chi connectivity index (χ2n) is 5.11. The Bertz CT molecular complexity index is 533. The van der Waals surface area contributed by atoms with E-state index in [0.717, 1.165) is 23.7 Å². The number of hydrogen-bond acceptors (Lipinski definition) is 3. The van der Waals surface area contributed by atoms with Crippen molar-refractivity contribution in [1.29, 1.82) is 0 Å². The van der Waals surface area contributed by atoms with Crippen molar-refractivity contribution in [3.8, 4) is 0 Å². The van der Waals surface area contributed by atoms with Gasteiger partial charge in [0.25, 0.3) is 0 Å². The summed E-state index contributed by atoms with van der Waals surface area (Å²) in [4.78, 5) is 23.4. The molecule has 20 heavy (non-hydrogen) atoms. The second-order valence-corrected chi connectivity index (χ2v) is 6.02. The van der Waals surface area contributed by atoms with Crippen molar-refractivity contribution in [2.75, 3.05) is 5.32 Å². The molecule has 108 valence electrons. The fourth-order valence-corrected chi connectivity index (χ4v) is 2.87. The number of nitrogens with two attached hydrogens (primary N) is 1. The molecule has 1 fully saturated rings. The third-order valence-corrected chi connectivity index (χ3v) is 4.05. The van der Waals surface area contributed by atoms with Crippen LogP contribution in [0.25, 0.3) is 0 Å². The van der Waals surface area contributed by atoms with Crippen LogP contribution in [0.4, 0.5) is 5.69 Å². The molecule has 0 spiro atoms. The highest BCUT2D eigenvalue weighted by Gasteiger charge is 2.26. The van der Waals surface area contributed by atoms with Gasteiger partial charge in [-0.2, -0.15) is 0 Å². The van der Waals surface area contributed by atoms with E-state index in [2.05, 4.69) is 21.2 Å². The maximum absolute atomic E-state index is 12.2. The predicted octanol–water partition coefficient (Wildman–Crippen LogP) is 2.60. The molecule has 1 saturated carbocycles. The largest absolute Gasteiger partial charge is 0.478 e. The van der Waals surface area contributed by atoms with E-state index < -0.39 is 5.97 Å². The van der Waals surface area contributed by atoms with Crippen molar-refractivity contribution in [1.82, 2.24) is 0 Å². The van der Waals surface area contributed by atoms with Crippen LogP contribution in [0.3, 0.4) is 0 Å². The van der Waals surface area contributed by atoms with Gasteiger partial charge < -0.3 is 16.2 Å². The Labute approximate surface area is 125 Å². The topological polar surface area (TPSA) is 92.4 Å². The summed E-state index contributed by atoms with van der Waals surface area (Å²) in [5.41, 5.74) is 6.28. The lowest BCUT2D eigenvalue weighted by Gasteiger charge is -2.25. The SMILES string of the molecule is NC1CCCC(C(=O)Nc2cc(Br)ccc2C(=O)O)C1. The van der Waals surface area contributed by atoms with Gasteiger partial charge in [0.05, 0.1) is 11.3 Å². The number of carboxylic acid groups (broad SMARTS) is 1. The Morgan fingerprint density at radius 2 is 2.10 bits per heavy atom. The number of nitrogens with one attached hydrogen (secondary N) is 1. The summed E-state index contributed by atoms with van der Waals surface area (Å²) < 4.78 is 0.721. The molecule has 0 radical (unpaired) electrons. The number of aromatic carboxylic acids is 1. The first-order chi connectivity index (χ1) is 9.47. The quantitative estimate of drug-likeness (QED) is 0.788. The molecule has 5 nitrogen and oxygen atoms in total. The number of carbonyl (C=O) groups is 2. The van der Waals surface area contributed by atoms with Crippen molar-refractivity contribution < 1.29 is 14.7 Å². The third-order valence-electron chi connectivity index (χ3n) is 3.56. The van der Waals surface area contributed by atoms with Gasteiger partial charge in [-0.1, -0.05) is 22.4 Å². The minimum atomic E-state index is -1.06. The van der Waals surface area contributed by atoms with Crippen LogP contribution >= 0.6 is 15.9 Å². The van der Waals surface area contributed by atoms with Crippen LogP contribution < -0.4 is 11.1 Å². The molecule has 1 aliphatic carbocycles. The molecule has 1 aliphatic rings. The zero-order chi connectivity index (χ0) is 14.7. The molecule has 6 heteroatoms. The normalized spacial score (nSPS) is 22.3. The summed E-state index contributed by atoms with van der Waals surface area (Å²) in [5.74, 6) is -1.35. The number of anilines is 1. The molecule has 2 atom stereocenters. The summed E-state index contributed by atoms with van der Waals surface area (Å²) in [5, 5.41) is 11.9. The molecule has 0 saturated heterocycles. The molecule has 0 bridgehead atoms. The summed E-state index contributed by atoms with van der Waals surface area (Å²) in [6.07, 6.45) is 3.34. The number of amides is 1. The van der Waals surface area contributed by atoms with Gasteiger partial charge >= 0.3 is 5.97 Å². The lowest BCUT2D eigenvalue weighted by atomic mass is 9.85. The third kappa shape index (κ3) is 3.58. The second kappa shape index (κ2) is 6.37. The molecule has 1 aromatic rings. The summed E-state index contributed by atoms with van der Waals surface area (Å²) >= 11 is 3.28. The van der Waals surface area contributed by atoms with Gasteiger partial charge in [0.15, 0.2) is 0 Å². The van der Waals surface area contributed by atoms with Gasteiger partial charge in [0.1, 0.15) is 0 Å². The first kappa shape index (κ1) is 15.0. The number of halogens is 1. The molecule has 0 heterocycles. The van der Waals surface area contributed by atoms with Crippen LogP contribution in [0.15, 0.2) is 22.7 Å². The van der Waals surface area contributed by atoms with Gasteiger partial charge in [-0.25, -0.2) is 4.79 Å². The molecule has 4 N–H and O–H groups in total. The Balaban J connectivity index is 2.14. The van der Waals surface area contributed by atoms with Gasteiger partial charge in [-0.3, -0.25) is 4.79 Å². The van der Waals surface area contributed by atoms with E-state index in [1.807, 2.05) is 0 Å². The van der Waals surface area contributed by atoms with E-state index in [0.29, 0.717) is 12.1 Å². The Morgan fingerprint density at radius 1 is 1.35 bits per heavy atom. The first-order valence-electron chi connectivity index (χ1n) is 6.56. The lowest BCUT2D eigenvalue weighted by molar-refractivity contribution is -0.120. The lowest BCUT2D eigenvalue weighted by Crippen LogP contribution is -2.34. The highest BCUT2D eigenvalue weighted by atomic mass is 79.9. The minimum Gasteiger partial charge on any atom is -0.478 e. The standard InChI is InChI=1S/C14H17BrN2O3/c15-9-4-5-11(14(19)20)12(7-9)17-13(18)8-2-1-3-10(16)6-8/h4-5,7-8,10H,1-3,6,16H2,(H,17,18)(H,19,20). The molecular formula is C14H17BrN2O3. The van der Waals surface area contributed by atoms with Gasteiger partial charge in [-0.15, -0.1) is 0 Å². The van der Waals surface area contributed by atoms with Crippen LogP contribution in [0.1, 0.15) is 36.0 Å². The van der Waals surface area contributed by atoms with E-state index in [1.54, 1.807) is 12.1 Å². The Morgan fingerprint density at radius 3 is 2.75 bits per heavy atom. The maximum atomic E-state index is 12.2. The highest BCUT2D eigenvalue weighted by molar-refractivity contribution is 9.10. The van der Waals surface area contributed by atoms with Gasteiger partial charge in [0, 0.05) is 16.4 Å². The van der Waals surface area contributed by atoms with Crippen LogP contribution in [0, 0.1) is 5.92 Å². The van der Waals surface area contributed by atoms with E-state index in [9.17, 15) is 9.59 Å². The average Bonchev–Trinajstić information content (AvgIpc) is 2.38. The number of carbonyl (C=O) groups excluding carboxylic acids is 1. The van der Waals surface area contributed by atoms with Gasteiger partial charge in [0.2, 0.25) is 5.91 Å². The maximum Gasteiger partial charge on any atom is 0.337 e. The summed E-state index contributed by atoms with van der Waals surface area (Å²) in [7, 11) is 0. The zero-order valence-corrected chi connectivity index (χ0v) is 12.5. The summed E-state index contributed by atoms with van der Waals surface area (Å²) in [6.45, 7) is 0. The first-order valence-corrected chi connectivity index (χ1v) is 7.36. The van der Waals surface area contributed by atoms with E-state index >= 15 is 0 Å². The van der Waals surface area contributed by atoms with Crippen LogP contribution in [-0.4, -0.2) is 23.0 Å². The van der Waals surface area contributed by atoms with Crippen LogP contribution in [-0.2, 0) is 4.79 Å². The Kier molecular flexibility index (Phi) is 4.77. The van der Waals surface area contributed by atoms with Gasteiger partial charge in [-0.05, 0) is 37.5 Å². The molecule has 2 unspecified atom stereocenters. The van der Waals surface area contributed by atoms with Crippen LogP contribution in [0.5, 0.6) is 0 Å². The molecule has 0 aromatic heterocycles. The average molecular weight is 341 g/mol. The number of rotatable bonds is 3. The molecule has 1 amide bonds. The van der Waals surface area contributed by atoms with Crippen LogP contribution in [0.2, 0.25) is 0 Å². The number of benzene rings is 1. The fraction of sp³-hybridized carbons (Fsp3) is 0.429. The van der Waals surface area contributed by atoms with E-state index in [4.69, 9.17) is 10.8 Å². The number of carboxylic acids is 1. The molecular weight excluding hydrogens is 324 g/mol. The van der Waals surface area contributed by atoms with Crippen molar-refractivity contribution in [2.24, 2.45) is 11.7 Å². The Hall–Kier alpha value is -1.40. The van der Waals surface area contributed by atoms with Crippen molar-refractivity contribution in [3.05, 3.63) is 28.2 Å².